The van der Waals surface area contributed by atoms with Crippen molar-refractivity contribution < 1.29 is 9.90 Å². The van der Waals surface area contributed by atoms with Crippen molar-refractivity contribution in [2.24, 2.45) is 0 Å². The minimum absolute atomic E-state index is 0.324. The highest BCUT2D eigenvalue weighted by atomic mass is 16.4. The Balaban J connectivity index is 3.17. The molecule has 1 rings (SSSR count). The van der Waals surface area contributed by atoms with E-state index in [1.54, 1.807) is 18.2 Å². The zero-order valence-corrected chi connectivity index (χ0v) is 9.03. The Bertz CT molecular complexity index is 385. The lowest BCUT2D eigenvalue weighted by Gasteiger charge is -2.19. The summed E-state index contributed by atoms with van der Waals surface area (Å²) >= 11 is 0. The Kier molecular flexibility index (Phi) is 3.50. The molecule has 1 N–H and O–H groups in total. The Morgan fingerprint density at radius 1 is 1.60 bits per heavy atom. The van der Waals surface area contributed by atoms with Crippen molar-refractivity contribution in [2.75, 3.05) is 18.5 Å². The molecule has 0 bridgehead atoms. The minimum Gasteiger partial charge on any atom is -0.478 e. The number of benzene rings is 1. The molecule has 0 saturated heterocycles. The molecule has 0 aliphatic rings. The van der Waals surface area contributed by atoms with E-state index in [2.05, 4.69) is 6.58 Å². The van der Waals surface area contributed by atoms with Gasteiger partial charge in [0.2, 0.25) is 0 Å². The van der Waals surface area contributed by atoms with E-state index in [1.807, 2.05) is 24.9 Å². The van der Waals surface area contributed by atoms with Gasteiger partial charge >= 0.3 is 5.97 Å². The van der Waals surface area contributed by atoms with Crippen LogP contribution in [-0.4, -0.2) is 24.7 Å². The first-order chi connectivity index (χ1) is 7.06. The van der Waals surface area contributed by atoms with Crippen molar-refractivity contribution in [1.29, 1.82) is 0 Å². The Morgan fingerprint density at radius 3 is 2.80 bits per heavy atom. The van der Waals surface area contributed by atoms with Crippen LogP contribution in [0.25, 0.3) is 0 Å². The molecule has 80 valence electrons. The summed E-state index contributed by atoms with van der Waals surface area (Å²) in [5.74, 6) is -0.902. The summed E-state index contributed by atoms with van der Waals surface area (Å²) in [6.07, 6.45) is 1.74. The number of carbonyl (C=O) groups is 1. The maximum Gasteiger partial charge on any atom is 0.337 e. The smallest absolute Gasteiger partial charge is 0.337 e. The molecule has 0 spiro atoms. The number of aryl methyl sites for hydroxylation is 1. The molecule has 0 saturated carbocycles. The summed E-state index contributed by atoms with van der Waals surface area (Å²) < 4.78 is 0. The fourth-order valence-corrected chi connectivity index (χ4v) is 1.43. The molecule has 0 radical (unpaired) electrons. The van der Waals surface area contributed by atoms with Crippen LogP contribution >= 0.6 is 0 Å². The van der Waals surface area contributed by atoms with Gasteiger partial charge in [-0.25, -0.2) is 4.79 Å². The zero-order valence-electron chi connectivity index (χ0n) is 9.03. The molecular formula is C12H15NO2. The second kappa shape index (κ2) is 4.64. The van der Waals surface area contributed by atoms with Gasteiger partial charge in [-0.3, -0.25) is 0 Å². The SMILES string of the molecule is C=CCN(C)c1cc(C)ccc1C(=O)O. The molecule has 0 atom stereocenters. The van der Waals surface area contributed by atoms with Crippen LogP contribution in [0.1, 0.15) is 15.9 Å². The summed E-state index contributed by atoms with van der Waals surface area (Å²) in [6, 6.07) is 5.30. The molecule has 0 heterocycles. The number of carboxylic acids is 1. The third-order valence-electron chi connectivity index (χ3n) is 2.20. The molecular weight excluding hydrogens is 190 g/mol. The summed E-state index contributed by atoms with van der Waals surface area (Å²) in [7, 11) is 1.85. The standard InChI is InChI=1S/C12H15NO2/c1-4-7-13(3)11-8-9(2)5-6-10(11)12(14)15/h4-6,8H,1,7H2,2-3H3,(H,14,15). The van der Waals surface area contributed by atoms with Crippen LogP contribution in [0.4, 0.5) is 5.69 Å². The predicted molar refractivity (Wildman–Crippen MR) is 61.6 cm³/mol. The van der Waals surface area contributed by atoms with Crippen molar-refractivity contribution >= 4 is 11.7 Å². The lowest BCUT2D eigenvalue weighted by atomic mass is 10.1. The van der Waals surface area contributed by atoms with Gasteiger partial charge in [0.1, 0.15) is 0 Å². The maximum atomic E-state index is 11.0. The van der Waals surface area contributed by atoms with E-state index in [4.69, 9.17) is 5.11 Å². The van der Waals surface area contributed by atoms with Crippen LogP contribution < -0.4 is 4.90 Å². The molecule has 3 nitrogen and oxygen atoms in total. The van der Waals surface area contributed by atoms with Gasteiger partial charge < -0.3 is 10.0 Å². The van der Waals surface area contributed by atoms with Crippen LogP contribution in [0, 0.1) is 6.92 Å². The highest BCUT2D eigenvalue weighted by Gasteiger charge is 2.12. The van der Waals surface area contributed by atoms with Crippen LogP contribution in [0.5, 0.6) is 0 Å². The molecule has 3 heteroatoms. The largest absolute Gasteiger partial charge is 0.478 e. The second-order valence-electron chi connectivity index (χ2n) is 3.49. The van der Waals surface area contributed by atoms with Crippen molar-refractivity contribution in [3.05, 3.63) is 42.0 Å². The van der Waals surface area contributed by atoms with E-state index < -0.39 is 5.97 Å². The summed E-state index contributed by atoms with van der Waals surface area (Å²) in [4.78, 5) is 12.9. The van der Waals surface area contributed by atoms with E-state index in [0.717, 1.165) is 11.3 Å². The minimum atomic E-state index is -0.902. The lowest BCUT2D eigenvalue weighted by molar-refractivity contribution is 0.0697. The van der Waals surface area contributed by atoms with Crippen molar-refractivity contribution in [1.82, 2.24) is 0 Å². The van der Waals surface area contributed by atoms with Crippen LogP contribution in [0.2, 0.25) is 0 Å². The summed E-state index contributed by atoms with van der Waals surface area (Å²) in [6.45, 7) is 6.20. The number of rotatable bonds is 4. The van der Waals surface area contributed by atoms with Gasteiger partial charge in [-0.1, -0.05) is 12.1 Å². The van der Waals surface area contributed by atoms with Crippen LogP contribution in [-0.2, 0) is 0 Å². The molecule has 0 aromatic heterocycles. The summed E-state index contributed by atoms with van der Waals surface area (Å²) in [5.41, 5.74) is 2.10. The first kappa shape index (κ1) is 11.3. The topological polar surface area (TPSA) is 40.5 Å². The molecule has 0 aliphatic carbocycles. The highest BCUT2D eigenvalue weighted by Crippen LogP contribution is 2.21. The molecule has 0 unspecified atom stereocenters. The first-order valence-electron chi connectivity index (χ1n) is 4.72. The fourth-order valence-electron chi connectivity index (χ4n) is 1.43. The van der Waals surface area contributed by atoms with Crippen LogP contribution in [0.15, 0.2) is 30.9 Å². The third kappa shape index (κ3) is 2.59. The molecule has 0 fully saturated rings. The molecule has 1 aromatic rings. The Hall–Kier alpha value is -1.77. The van der Waals surface area contributed by atoms with Crippen molar-refractivity contribution in [2.45, 2.75) is 6.92 Å². The number of aromatic carboxylic acids is 1. The van der Waals surface area contributed by atoms with Gasteiger partial charge in [0.15, 0.2) is 0 Å². The fraction of sp³-hybridized carbons (Fsp3) is 0.250. The van der Waals surface area contributed by atoms with Gasteiger partial charge in [-0.15, -0.1) is 6.58 Å². The van der Waals surface area contributed by atoms with Gasteiger partial charge in [0.25, 0.3) is 0 Å². The first-order valence-corrected chi connectivity index (χ1v) is 4.72. The van der Waals surface area contributed by atoms with E-state index in [0.29, 0.717) is 12.1 Å². The second-order valence-corrected chi connectivity index (χ2v) is 3.49. The average molecular weight is 205 g/mol. The number of nitrogens with zero attached hydrogens (tertiary/aromatic N) is 1. The average Bonchev–Trinajstić information content (AvgIpc) is 2.17. The molecule has 0 aliphatic heterocycles. The number of hydrogen-bond donors (Lipinski definition) is 1. The van der Waals surface area contributed by atoms with Gasteiger partial charge in [-0.2, -0.15) is 0 Å². The number of carboxylic acid groups (broad SMARTS) is 1. The predicted octanol–water partition coefficient (Wildman–Crippen LogP) is 2.32. The molecule has 1 aromatic carbocycles. The number of hydrogen-bond acceptors (Lipinski definition) is 2. The third-order valence-corrected chi connectivity index (χ3v) is 2.20. The Labute approximate surface area is 89.6 Å². The van der Waals surface area contributed by atoms with E-state index >= 15 is 0 Å². The van der Waals surface area contributed by atoms with E-state index in [9.17, 15) is 4.79 Å². The van der Waals surface area contributed by atoms with Crippen molar-refractivity contribution in [3.63, 3.8) is 0 Å². The molecule has 15 heavy (non-hydrogen) atoms. The Morgan fingerprint density at radius 2 is 2.27 bits per heavy atom. The number of anilines is 1. The summed E-state index contributed by atoms with van der Waals surface area (Å²) in [5, 5.41) is 9.02. The van der Waals surface area contributed by atoms with Gasteiger partial charge in [-0.05, 0) is 24.6 Å². The molecule has 0 amide bonds. The van der Waals surface area contributed by atoms with E-state index in [-0.39, 0.29) is 0 Å². The number of likely N-dealkylation sites (N-methyl/N-ethyl adjacent to an activating group) is 1. The normalized spacial score (nSPS) is 9.73. The monoisotopic (exact) mass is 205 g/mol. The van der Waals surface area contributed by atoms with Gasteiger partial charge in [0, 0.05) is 13.6 Å². The van der Waals surface area contributed by atoms with Crippen LogP contribution in [0.3, 0.4) is 0 Å². The lowest BCUT2D eigenvalue weighted by Crippen LogP contribution is -2.19. The van der Waals surface area contributed by atoms with Crippen molar-refractivity contribution in [3.8, 4) is 0 Å². The quantitative estimate of drug-likeness (QED) is 0.767. The zero-order chi connectivity index (χ0) is 11.4. The maximum absolute atomic E-state index is 11.0. The highest BCUT2D eigenvalue weighted by molar-refractivity contribution is 5.94. The van der Waals surface area contributed by atoms with Gasteiger partial charge in [0.05, 0.1) is 11.3 Å². The van der Waals surface area contributed by atoms with E-state index in [1.165, 1.54) is 0 Å².